The van der Waals surface area contributed by atoms with Gasteiger partial charge in [0.1, 0.15) is 0 Å². The Morgan fingerprint density at radius 2 is 1.90 bits per heavy atom. The fraction of sp³-hybridized carbons (Fsp3) is 0.0714. The molecule has 106 valence electrons. The highest BCUT2D eigenvalue weighted by atomic mass is 35.5. The van der Waals surface area contributed by atoms with Gasteiger partial charge in [0, 0.05) is 17.8 Å². The largest absolute Gasteiger partial charge is 0.481 e. The van der Waals surface area contributed by atoms with Crippen molar-refractivity contribution < 1.29 is 9.90 Å². The molecule has 0 heterocycles. The first-order valence-corrected chi connectivity index (χ1v) is 6.67. The summed E-state index contributed by atoms with van der Waals surface area (Å²) in [6.45, 7) is 0. The molecule has 2 aromatic carbocycles. The standard InChI is InChI=1S/C14H9Cl2N3O2/c15-10-2-1-3-11(16)14(10)18-12-5-4-9(19-17)6-8(12)7-13(20)21/h1-6,18H,7H2/p+1. The summed E-state index contributed by atoms with van der Waals surface area (Å²) in [5.74, 6) is -1.00. The predicted molar refractivity (Wildman–Crippen MR) is 82.3 cm³/mol. The van der Waals surface area contributed by atoms with Gasteiger partial charge in [0.2, 0.25) is 5.39 Å². The van der Waals surface area contributed by atoms with E-state index in [0.717, 1.165) is 0 Å². The number of carbonyl (C=O) groups is 1. The monoisotopic (exact) mass is 322 g/mol. The van der Waals surface area contributed by atoms with Gasteiger partial charge in [0.15, 0.2) is 4.98 Å². The zero-order chi connectivity index (χ0) is 15.4. The molecule has 0 aromatic heterocycles. The van der Waals surface area contributed by atoms with E-state index in [4.69, 9.17) is 33.7 Å². The smallest absolute Gasteiger partial charge is 0.385 e. The van der Waals surface area contributed by atoms with Gasteiger partial charge in [0.25, 0.3) is 0 Å². The summed E-state index contributed by atoms with van der Waals surface area (Å²) >= 11 is 12.1. The van der Waals surface area contributed by atoms with Crippen molar-refractivity contribution in [3.8, 4) is 0 Å². The minimum absolute atomic E-state index is 0.228. The third-order valence-corrected chi connectivity index (χ3v) is 3.40. The maximum atomic E-state index is 10.9. The van der Waals surface area contributed by atoms with Gasteiger partial charge in [-0.3, -0.25) is 4.79 Å². The number of benzene rings is 2. The molecule has 7 heteroatoms. The molecule has 0 aliphatic rings. The Kier molecular flexibility index (Phi) is 4.63. The van der Waals surface area contributed by atoms with Gasteiger partial charge in [-0.25, -0.2) is 0 Å². The van der Waals surface area contributed by atoms with Crippen molar-refractivity contribution in [3.05, 3.63) is 57.0 Å². The lowest BCUT2D eigenvalue weighted by Gasteiger charge is -2.12. The van der Waals surface area contributed by atoms with Crippen molar-refractivity contribution in [2.24, 2.45) is 0 Å². The van der Waals surface area contributed by atoms with Gasteiger partial charge in [-0.2, -0.15) is 0 Å². The number of nitrogens with one attached hydrogen (secondary N) is 1. The maximum absolute atomic E-state index is 10.9. The molecule has 0 atom stereocenters. The second-order valence-corrected chi connectivity index (χ2v) is 5.05. The van der Waals surface area contributed by atoms with E-state index in [0.29, 0.717) is 27.0 Å². The minimum atomic E-state index is -1.00. The summed E-state index contributed by atoms with van der Waals surface area (Å²) in [5.41, 5.74) is 1.73. The third-order valence-electron chi connectivity index (χ3n) is 2.77. The van der Waals surface area contributed by atoms with Crippen molar-refractivity contribution in [3.63, 3.8) is 0 Å². The number of hydrogen-bond acceptors (Lipinski definition) is 3. The Labute approximate surface area is 130 Å². The van der Waals surface area contributed by atoms with Gasteiger partial charge in [-0.1, -0.05) is 29.3 Å². The molecule has 21 heavy (non-hydrogen) atoms. The lowest BCUT2D eigenvalue weighted by Crippen LogP contribution is -2.04. The van der Waals surface area contributed by atoms with Gasteiger partial charge in [-0.05, 0) is 23.8 Å². The molecule has 0 saturated heterocycles. The number of hydrogen-bond donors (Lipinski definition) is 2. The van der Waals surface area contributed by atoms with Crippen LogP contribution in [0.2, 0.25) is 10.0 Å². The van der Waals surface area contributed by atoms with Crippen LogP contribution in [0.15, 0.2) is 36.4 Å². The van der Waals surface area contributed by atoms with Crippen LogP contribution < -0.4 is 5.32 Å². The van der Waals surface area contributed by atoms with Gasteiger partial charge in [-0.15, -0.1) is 0 Å². The number of halogens is 2. The molecule has 2 N–H and O–H groups in total. The van der Waals surface area contributed by atoms with Crippen LogP contribution >= 0.6 is 23.2 Å². The van der Waals surface area contributed by atoms with Crippen molar-refractivity contribution in [2.45, 2.75) is 6.42 Å². The van der Waals surface area contributed by atoms with E-state index < -0.39 is 5.97 Å². The number of carboxylic acids is 1. The minimum Gasteiger partial charge on any atom is -0.481 e. The van der Waals surface area contributed by atoms with E-state index in [2.05, 4.69) is 10.3 Å². The fourth-order valence-corrected chi connectivity index (χ4v) is 2.32. The third kappa shape index (κ3) is 3.63. The average Bonchev–Trinajstić information content (AvgIpc) is 2.43. The van der Waals surface area contributed by atoms with E-state index in [1.165, 1.54) is 6.07 Å². The number of carboxylic acid groups (broad SMARTS) is 1. The fourth-order valence-electron chi connectivity index (χ4n) is 1.83. The molecular formula is C14H10Cl2N3O2+. The van der Waals surface area contributed by atoms with Crippen LogP contribution in [-0.4, -0.2) is 11.1 Å². The Balaban J connectivity index is 2.44. The number of diazo groups is 1. The first kappa shape index (κ1) is 15.1. The average molecular weight is 323 g/mol. The zero-order valence-corrected chi connectivity index (χ0v) is 12.2. The highest BCUT2D eigenvalue weighted by Gasteiger charge is 2.15. The molecular weight excluding hydrogens is 313 g/mol. The SMILES string of the molecule is N#[N+]c1ccc(Nc2c(Cl)cccc2Cl)c(CC(=O)O)c1. The summed E-state index contributed by atoms with van der Waals surface area (Å²) < 4.78 is 0. The van der Waals surface area contributed by atoms with Crippen LogP contribution in [0.5, 0.6) is 0 Å². The first-order valence-electron chi connectivity index (χ1n) is 5.92. The molecule has 0 aliphatic carbocycles. The predicted octanol–water partition coefficient (Wildman–Crippen LogP) is 4.85. The van der Waals surface area contributed by atoms with Gasteiger partial charge >= 0.3 is 11.7 Å². The van der Waals surface area contributed by atoms with E-state index in [1.54, 1.807) is 30.3 Å². The van der Waals surface area contributed by atoms with Gasteiger partial charge < -0.3 is 10.4 Å². The maximum Gasteiger partial charge on any atom is 0.385 e. The Bertz CT molecular complexity index is 721. The number of aliphatic carboxylic acids is 1. The lowest BCUT2D eigenvalue weighted by molar-refractivity contribution is -0.136. The highest BCUT2D eigenvalue weighted by molar-refractivity contribution is 6.39. The van der Waals surface area contributed by atoms with Crippen LogP contribution in [0.25, 0.3) is 4.98 Å². The number of nitrogens with zero attached hydrogens (tertiary/aromatic N) is 2. The van der Waals surface area contributed by atoms with Crippen LogP contribution in [0, 0.1) is 5.39 Å². The number of anilines is 2. The second kappa shape index (κ2) is 6.44. The summed E-state index contributed by atoms with van der Waals surface area (Å²) in [4.78, 5) is 14.0. The molecule has 2 aromatic rings. The summed E-state index contributed by atoms with van der Waals surface area (Å²) in [6, 6.07) is 9.67. The summed E-state index contributed by atoms with van der Waals surface area (Å²) in [6.07, 6.45) is -0.228. The van der Waals surface area contributed by atoms with Crippen molar-refractivity contribution in [2.75, 3.05) is 5.32 Å². The van der Waals surface area contributed by atoms with Crippen molar-refractivity contribution in [1.82, 2.24) is 0 Å². The number of rotatable bonds is 4. The van der Waals surface area contributed by atoms with E-state index in [9.17, 15) is 4.79 Å². The van der Waals surface area contributed by atoms with Crippen LogP contribution in [-0.2, 0) is 11.2 Å². The van der Waals surface area contributed by atoms with E-state index in [1.807, 2.05) is 0 Å². The molecule has 0 amide bonds. The number of para-hydroxylation sites is 1. The Morgan fingerprint density at radius 1 is 1.24 bits per heavy atom. The quantitative estimate of drug-likeness (QED) is 0.789. The Hall–Kier alpha value is -2.29. The van der Waals surface area contributed by atoms with Crippen LogP contribution in [0.4, 0.5) is 17.1 Å². The van der Waals surface area contributed by atoms with Gasteiger partial charge in [0.05, 0.1) is 22.2 Å². The lowest BCUT2D eigenvalue weighted by atomic mass is 10.1. The highest BCUT2D eigenvalue weighted by Crippen LogP contribution is 2.34. The second-order valence-electron chi connectivity index (χ2n) is 4.23. The van der Waals surface area contributed by atoms with E-state index in [-0.39, 0.29) is 12.1 Å². The van der Waals surface area contributed by atoms with Crippen LogP contribution in [0.3, 0.4) is 0 Å². The molecule has 0 fully saturated rings. The molecule has 0 saturated carbocycles. The first-order chi connectivity index (χ1) is 10.0. The topological polar surface area (TPSA) is 77.5 Å². The molecule has 0 unspecified atom stereocenters. The Morgan fingerprint density at radius 3 is 2.48 bits per heavy atom. The van der Waals surface area contributed by atoms with Crippen molar-refractivity contribution >= 4 is 46.2 Å². The zero-order valence-electron chi connectivity index (χ0n) is 10.7. The molecule has 5 nitrogen and oxygen atoms in total. The summed E-state index contributed by atoms with van der Waals surface area (Å²) in [7, 11) is 0. The molecule has 0 spiro atoms. The normalized spacial score (nSPS) is 9.95. The summed E-state index contributed by atoms with van der Waals surface area (Å²) in [5, 5.41) is 21.6. The van der Waals surface area contributed by atoms with E-state index >= 15 is 0 Å². The molecule has 0 bridgehead atoms. The van der Waals surface area contributed by atoms with Crippen molar-refractivity contribution in [1.29, 1.82) is 5.39 Å². The molecule has 0 aliphatic heterocycles. The van der Waals surface area contributed by atoms with Crippen LogP contribution in [0.1, 0.15) is 5.56 Å². The molecule has 2 rings (SSSR count). The molecule has 0 radical (unpaired) electrons.